The monoisotopic (exact) mass is 304 g/mol. The molecule has 0 radical (unpaired) electrons. The minimum atomic E-state index is 0.361. The minimum Gasteiger partial charge on any atom is -0.327 e. The van der Waals surface area contributed by atoms with Crippen LogP contribution in [0.1, 0.15) is 31.7 Å². The van der Waals surface area contributed by atoms with E-state index in [1.54, 1.807) is 6.07 Å². The first kappa shape index (κ1) is 15.8. The largest absolute Gasteiger partial charge is 0.327 e. The van der Waals surface area contributed by atoms with Crippen LogP contribution < -0.4 is 0 Å². The smallest absolute Gasteiger partial charge is 0.124 e. The summed E-state index contributed by atoms with van der Waals surface area (Å²) in [5, 5.41) is 9.18. The Bertz CT molecular complexity index is 654. The van der Waals surface area contributed by atoms with Gasteiger partial charge in [0, 0.05) is 12.6 Å². The van der Waals surface area contributed by atoms with Crippen molar-refractivity contribution >= 4 is 22.6 Å². The van der Waals surface area contributed by atoms with Crippen LogP contribution in [-0.2, 0) is 12.4 Å². The van der Waals surface area contributed by atoms with Crippen LogP contribution in [0.3, 0.4) is 0 Å². The Labute approximate surface area is 130 Å². The fourth-order valence-electron chi connectivity index (χ4n) is 2.37. The Morgan fingerprint density at radius 2 is 2.19 bits per heavy atom. The molecule has 0 atom stereocenters. The summed E-state index contributed by atoms with van der Waals surface area (Å²) in [5.41, 5.74) is 2.36. The number of para-hydroxylation sites is 1. The molecule has 0 saturated carbocycles. The predicted molar refractivity (Wildman–Crippen MR) is 86.4 cm³/mol. The van der Waals surface area contributed by atoms with Crippen LogP contribution in [0.15, 0.2) is 18.2 Å². The van der Waals surface area contributed by atoms with Crippen LogP contribution in [0.25, 0.3) is 11.0 Å². The summed E-state index contributed by atoms with van der Waals surface area (Å²) >= 11 is 6.01. The molecular formula is C16H21ClN4. The van der Waals surface area contributed by atoms with Crippen molar-refractivity contribution in [1.82, 2.24) is 14.5 Å². The average molecular weight is 305 g/mol. The molecule has 2 aromatic rings. The Hall–Kier alpha value is -1.57. The van der Waals surface area contributed by atoms with Gasteiger partial charge in [-0.25, -0.2) is 4.98 Å². The van der Waals surface area contributed by atoms with Crippen molar-refractivity contribution in [2.75, 3.05) is 13.6 Å². The van der Waals surface area contributed by atoms with Crippen molar-refractivity contribution < 1.29 is 0 Å². The van der Waals surface area contributed by atoms with E-state index in [2.05, 4.69) is 41.4 Å². The maximum absolute atomic E-state index is 9.18. The van der Waals surface area contributed by atoms with E-state index in [4.69, 9.17) is 11.6 Å². The Morgan fingerprint density at radius 1 is 1.43 bits per heavy atom. The first-order valence-electron chi connectivity index (χ1n) is 7.23. The van der Waals surface area contributed by atoms with Gasteiger partial charge in [-0.3, -0.25) is 0 Å². The van der Waals surface area contributed by atoms with E-state index in [9.17, 15) is 5.26 Å². The zero-order valence-electron chi connectivity index (χ0n) is 12.8. The number of halogens is 1. The van der Waals surface area contributed by atoms with Gasteiger partial charge in [-0.1, -0.05) is 6.07 Å². The second kappa shape index (κ2) is 6.93. The molecule has 0 amide bonds. The highest BCUT2D eigenvalue weighted by atomic mass is 35.5. The van der Waals surface area contributed by atoms with Crippen molar-refractivity contribution in [3.63, 3.8) is 0 Å². The summed E-state index contributed by atoms with van der Waals surface area (Å²) in [6.07, 6.45) is 1.03. The molecule has 1 heterocycles. The molecule has 0 N–H and O–H groups in total. The van der Waals surface area contributed by atoms with Gasteiger partial charge in [0.2, 0.25) is 0 Å². The first-order valence-corrected chi connectivity index (χ1v) is 7.76. The molecule has 21 heavy (non-hydrogen) atoms. The molecule has 0 aliphatic heterocycles. The number of nitrogens with zero attached hydrogens (tertiary/aromatic N) is 4. The van der Waals surface area contributed by atoms with Crippen LogP contribution in [0.2, 0.25) is 0 Å². The molecule has 0 fully saturated rings. The third-order valence-electron chi connectivity index (χ3n) is 3.87. The lowest BCUT2D eigenvalue weighted by Crippen LogP contribution is -2.28. The summed E-state index contributed by atoms with van der Waals surface area (Å²) in [7, 11) is 2.13. The fourth-order valence-corrected chi connectivity index (χ4v) is 2.58. The lowest BCUT2D eigenvalue weighted by molar-refractivity contribution is 0.265. The van der Waals surface area contributed by atoms with E-state index in [-0.39, 0.29) is 0 Å². The molecular weight excluding hydrogens is 284 g/mol. The van der Waals surface area contributed by atoms with Crippen molar-refractivity contribution in [2.45, 2.75) is 38.7 Å². The van der Waals surface area contributed by atoms with Crippen molar-refractivity contribution in [3.05, 3.63) is 29.6 Å². The number of alkyl halides is 1. The Morgan fingerprint density at radius 3 is 2.81 bits per heavy atom. The molecule has 5 heteroatoms. The molecule has 1 aromatic heterocycles. The van der Waals surface area contributed by atoms with Gasteiger partial charge in [0.25, 0.3) is 0 Å². The van der Waals surface area contributed by atoms with E-state index in [1.807, 2.05) is 12.1 Å². The van der Waals surface area contributed by atoms with Crippen molar-refractivity contribution in [1.29, 1.82) is 5.26 Å². The SMILES string of the molecule is CC(C)N(C)CCCn1c(CCl)nc2c(C#N)cccc21. The minimum absolute atomic E-state index is 0.361. The number of benzene rings is 1. The highest BCUT2D eigenvalue weighted by Gasteiger charge is 2.13. The van der Waals surface area contributed by atoms with Gasteiger partial charge in [-0.15, -0.1) is 11.6 Å². The van der Waals surface area contributed by atoms with E-state index in [1.165, 1.54) is 0 Å². The molecule has 0 aliphatic carbocycles. The van der Waals surface area contributed by atoms with Gasteiger partial charge in [0.05, 0.1) is 17.0 Å². The number of aryl methyl sites for hydroxylation is 1. The van der Waals surface area contributed by atoms with Gasteiger partial charge >= 0.3 is 0 Å². The maximum Gasteiger partial charge on any atom is 0.124 e. The molecule has 4 nitrogen and oxygen atoms in total. The van der Waals surface area contributed by atoms with Crippen molar-refractivity contribution in [3.8, 4) is 6.07 Å². The summed E-state index contributed by atoms with van der Waals surface area (Å²) in [6, 6.07) is 8.44. The standard InChI is InChI=1S/C16H21ClN4/c1-12(2)20(3)8-5-9-21-14-7-4-6-13(11-18)16(14)19-15(21)10-17/h4,6-7,12H,5,8-10H2,1-3H3. The third-order valence-corrected chi connectivity index (χ3v) is 4.11. The summed E-state index contributed by atoms with van der Waals surface area (Å²) in [5.74, 6) is 1.20. The molecule has 0 spiro atoms. The molecule has 0 bridgehead atoms. The van der Waals surface area contributed by atoms with Gasteiger partial charge in [-0.2, -0.15) is 5.26 Å². The molecule has 0 saturated heterocycles. The molecule has 0 unspecified atom stereocenters. The highest BCUT2D eigenvalue weighted by Crippen LogP contribution is 2.21. The van der Waals surface area contributed by atoms with E-state index < -0.39 is 0 Å². The van der Waals surface area contributed by atoms with Crippen LogP contribution in [-0.4, -0.2) is 34.1 Å². The number of fused-ring (bicyclic) bond motifs is 1. The zero-order chi connectivity index (χ0) is 15.4. The lowest BCUT2D eigenvalue weighted by atomic mass is 10.2. The molecule has 0 aliphatic rings. The van der Waals surface area contributed by atoms with E-state index in [0.29, 0.717) is 17.5 Å². The topological polar surface area (TPSA) is 44.9 Å². The van der Waals surface area contributed by atoms with Gasteiger partial charge in [0.1, 0.15) is 17.4 Å². The van der Waals surface area contributed by atoms with Crippen molar-refractivity contribution in [2.24, 2.45) is 0 Å². The summed E-state index contributed by atoms with van der Waals surface area (Å²) < 4.78 is 2.14. The number of hydrogen-bond acceptors (Lipinski definition) is 3. The van der Waals surface area contributed by atoms with E-state index in [0.717, 1.165) is 36.4 Å². The number of rotatable bonds is 6. The van der Waals surface area contributed by atoms with Gasteiger partial charge < -0.3 is 9.47 Å². The molecule has 1 aromatic carbocycles. The average Bonchev–Trinajstić information content (AvgIpc) is 2.85. The number of imidazole rings is 1. The fraction of sp³-hybridized carbons (Fsp3) is 0.500. The third kappa shape index (κ3) is 3.37. The van der Waals surface area contributed by atoms with Crippen LogP contribution >= 0.6 is 11.6 Å². The summed E-state index contributed by atoms with van der Waals surface area (Å²) in [4.78, 5) is 6.85. The quantitative estimate of drug-likeness (QED) is 0.769. The first-order chi connectivity index (χ1) is 10.1. The lowest BCUT2D eigenvalue weighted by Gasteiger charge is -2.21. The Kier molecular flexibility index (Phi) is 5.22. The molecule has 112 valence electrons. The normalized spacial score (nSPS) is 11.5. The number of aromatic nitrogens is 2. The second-order valence-corrected chi connectivity index (χ2v) is 5.79. The Balaban J connectivity index is 2.25. The van der Waals surface area contributed by atoms with Crippen LogP contribution in [0, 0.1) is 11.3 Å². The number of nitriles is 1. The predicted octanol–water partition coefficient (Wildman–Crippen LogP) is 3.38. The second-order valence-electron chi connectivity index (χ2n) is 5.53. The zero-order valence-corrected chi connectivity index (χ0v) is 13.6. The van der Waals surface area contributed by atoms with Gasteiger partial charge in [0.15, 0.2) is 0 Å². The van der Waals surface area contributed by atoms with Gasteiger partial charge in [-0.05, 0) is 46.0 Å². The summed E-state index contributed by atoms with van der Waals surface area (Å²) in [6.45, 7) is 6.27. The van der Waals surface area contributed by atoms with Crippen LogP contribution in [0.4, 0.5) is 0 Å². The van der Waals surface area contributed by atoms with E-state index >= 15 is 0 Å². The number of hydrogen-bond donors (Lipinski definition) is 0. The highest BCUT2D eigenvalue weighted by molar-refractivity contribution is 6.16. The molecule has 2 rings (SSSR count). The van der Waals surface area contributed by atoms with Crippen LogP contribution in [0.5, 0.6) is 0 Å². The maximum atomic E-state index is 9.18.